The van der Waals surface area contributed by atoms with Crippen LogP contribution in [0.5, 0.6) is 5.75 Å². The Morgan fingerprint density at radius 3 is 2.25 bits per heavy atom. The van der Waals surface area contributed by atoms with Gasteiger partial charge in [0.2, 0.25) is 0 Å². The van der Waals surface area contributed by atoms with Gasteiger partial charge in [0.15, 0.2) is 0 Å². The van der Waals surface area contributed by atoms with Crippen LogP contribution in [-0.2, 0) is 0 Å². The van der Waals surface area contributed by atoms with E-state index in [2.05, 4.69) is 5.32 Å². The van der Waals surface area contributed by atoms with Crippen molar-refractivity contribution in [2.75, 3.05) is 11.9 Å². The zero-order chi connectivity index (χ0) is 17.7. The molecule has 0 radical (unpaired) electrons. The Morgan fingerprint density at radius 2 is 1.71 bits per heavy atom. The van der Waals surface area contributed by atoms with Gasteiger partial charge in [-0.2, -0.15) is 0 Å². The van der Waals surface area contributed by atoms with E-state index >= 15 is 0 Å². The third kappa shape index (κ3) is 4.03. The van der Waals surface area contributed by atoms with E-state index in [0.29, 0.717) is 18.0 Å². The van der Waals surface area contributed by atoms with Crippen LogP contribution in [0.2, 0.25) is 0 Å². The minimum Gasteiger partial charge on any atom is -0.494 e. The molecule has 9 heteroatoms. The first-order chi connectivity index (χ1) is 11.4. The minimum absolute atomic E-state index is 0.183. The van der Waals surface area contributed by atoms with Gasteiger partial charge in [0.25, 0.3) is 17.3 Å². The lowest BCUT2D eigenvalue weighted by atomic mass is 10.1. The number of nitrogens with zero attached hydrogens (tertiary/aromatic N) is 2. The average Bonchev–Trinajstić information content (AvgIpc) is 2.55. The Bertz CT molecular complexity index is 773. The van der Waals surface area contributed by atoms with Crippen LogP contribution in [-0.4, -0.2) is 22.4 Å². The number of rotatable bonds is 6. The van der Waals surface area contributed by atoms with E-state index in [0.717, 1.165) is 18.2 Å². The van der Waals surface area contributed by atoms with Crippen molar-refractivity contribution in [1.82, 2.24) is 0 Å². The van der Waals surface area contributed by atoms with E-state index in [1.807, 2.05) is 6.92 Å². The van der Waals surface area contributed by atoms with Crippen LogP contribution in [0.1, 0.15) is 17.3 Å². The highest BCUT2D eigenvalue weighted by atomic mass is 16.6. The first-order valence-corrected chi connectivity index (χ1v) is 6.88. The Balaban J connectivity index is 2.30. The molecule has 24 heavy (non-hydrogen) atoms. The average molecular weight is 331 g/mol. The van der Waals surface area contributed by atoms with Crippen LogP contribution in [0.3, 0.4) is 0 Å². The van der Waals surface area contributed by atoms with Crippen molar-refractivity contribution in [3.05, 3.63) is 68.3 Å². The van der Waals surface area contributed by atoms with E-state index in [-0.39, 0.29) is 5.56 Å². The number of non-ortho nitro benzene ring substituents is 2. The molecule has 0 aliphatic carbocycles. The van der Waals surface area contributed by atoms with Crippen LogP contribution in [0.25, 0.3) is 0 Å². The first kappa shape index (κ1) is 16.9. The maximum Gasteiger partial charge on any atom is 0.277 e. The Labute approximate surface area is 136 Å². The van der Waals surface area contributed by atoms with Crippen molar-refractivity contribution < 1.29 is 19.4 Å². The smallest absolute Gasteiger partial charge is 0.277 e. The molecule has 124 valence electrons. The summed E-state index contributed by atoms with van der Waals surface area (Å²) in [6.45, 7) is 2.27. The molecular formula is C15H13N3O6. The van der Waals surface area contributed by atoms with Gasteiger partial charge in [0, 0.05) is 23.9 Å². The highest BCUT2D eigenvalue weighted by molar-refractivity contribution is 6.05. The number of hydrogen-bond acceptors (Lipinski definition) is 6. The lowest BCUT2D eigenvalue weighted by Crippen LogP contribution is -2.12. The number of hydrogen-bond donors (Lipinski definition) is 1. The standard InChI is InChI=1S/C15H13N3O6/c1-2-24-14-5-3-4-11(8-14)16-15(19)10-6-12(17(20)21)9-13(7-10)18(22)23/h3-9H,2H2,1H3,(H,16,19). The zero-order valence-corrected chi connectivity index (χ0v) is 12.6. The highest BCUT2D eigenvalue weighted by Gasteiger charge is 2.20. The summed E-state index contributed by atoms with van der Waals surface area (Å²) in [5.74, 6) is -0.157. The molecule has 9 nitrogen and oxygen atoms in total. The number of ether oxygens (including phenoxy) is 1. The van der Waals surface area contributed by atoms with Gasteiger partial charge >= 0.3 is 0 Å². The van der Waals surface area contributed by atoms with Crippen LogP contribution in [0.15, 0.2) is 42.5 Å². The number of nitrogens with one attached hydrogen (secondary N) is 1. The van der Waals surface area contributed by atoms with Gasteiger partial charge in [0.1, 0.15) is 5.75 Å². The summed E-state index contributed by atoms with van der Waals surface area (Å²) < 4.78 is 5.31. The van der Waals surface area contributed by atoms with Crippen LogP contribution in [0.4, 0.5) is 17.1 Å². The van der Waals surface area contributed by atoms with Gasteiger partial charge in [-0.1, -0.05) is 6.07 Å². The number of nitro groups is 2. The molecule has 0 unspecified atom stereocenters. The van der Waals surface area contributed by atoms with E-state index in [9.17, 15) is 25.0 Å². The predicted molar refractivity (Wildman–Crippen MR) is 85.3 cm³/mol. The second kappa shape index (κ2) is 7.18. The van der Waals surface area contributed by atoms with Gasteiger partial charge < -0.3 is 10.1 Å². The fourth-order valence-electron chi connectivity index (χ4n) is 1.97. The molecule has 0 fully saturated rings. The normalized spacial score (nSPS) is 10.0. The van der Waals surface area contributed by atoms with Crippen molar-refractivity contribution in [2.24, 2.45) is 0 Å². The summed E-state index contributed by atoms with van der Waals surface area (Å²) in [7, 11) is 0. The number of amides is 1. The number of benzene rings is 2. The maximum absolute atomic E-state index is 12.2. The molecule has 2 aromatic carbocycles. The molecule has 0 heterocycles. The second-order valence-electron chi connectivity index (χ2n) is 4.67. The molecule has 0 bridgehead atoms. The fourth-order valence-corrected chi connectivity index (χ4v) is 1.97. The predicted octanol–water partition coefficient (Wildman–Crippen LogP) is 3.15. The molecular weight excluding hydrogens is 318 g/mol. The van der Waals surface area contributed by atoms with Crippen LogP contribution >= 0.6 is 0 Å². The lowest BCUT2D eigenvalue weighted by molar-refractivity contribution is -0.394. The van der Waals surface area contributed by atoms with Crippen molar-refractivity contribution in [2.45, 2.75) is 6.92 Å². The van der Waals surface area contributed by atoms with Gasteiger partial charge in [-0.3, -0.25) is 25.0 Å². The van der Waals surface area contributed by atoms with Crippen LogP contribution in [0, 0.1) is 20.2 Å². The Morgan fingerprint density at radius 1 is 1.08 bits per heavy atom. The van der Waals surface area contributed by atoms with E-state index in [1.54, 1.807) is 24.3 Å². The zero-order valence-electron chi connectivity index (χ0n) is 12.6. The quantitative estimate of drug-likeness (QED) is 0.640. The molecule has 2 rings (SSSR count). The van der Waals surface area contributed by atoms with Gasteiger partial charge in [-0.05, 0) is 19.1 Å². The molecule has 0 atom stereocenters. The first-order valence-electron chi connectivity index (χ1n) is 6.88. The topological polar surface area (TPSA) is 125 Å². The monoisotopic (exact) mass is 331 g/mol. The van der Waals surface area contributed by atoms with Crippen molar-refractivity contribution in [3.63, 3.8) is 0 Å². The molecule has 1 N–H and O–H groups in total. The molecule has 1 amide bonds. The molecule has 0 spiro atoms. The number of carbonyl (C=O) groups is 1. The summed E-state index contributed by atoms with van der Waals surface area (Å²) in [6.07, 6.45) is 0. The molecule has 0 aliphatic rings. The Hall–Kier alpha value is -3.49. The molecule has 2 aromatic rings. The maximum atomic E-state index is 12.2. The van der Waals surface area contributed by atoms with E-state index in [4.69, 9.17) is 4.74 Å². The second-order valence-corrected chi connectivity index (χ2v) is 4.67. The van der Waals surface area contributed by atoms with Crippen molar-refractivity contribution in [1.29, 1.82) is 0 Å². The van der Waals surface area contributed by atoms with Gasteiger partial charge in [-0.15, -0.1) is 0 Å². The summed E-state index contributed by atoms with van der Waals surface area (Å²) in [5, 5.41) is 24.2. The fraction of sp³-hybridized carbons (Fsp3) is 0.133. The van der Waals surface area contributed by atoms with Crippen molar-refractivity contribution >= 4 is 23.0 Å². The molecule has 0 aliphatic heterocycles. The van der Waals surface area contributed by atoms with Crippen molar-refractivity contribution in [3.8, 4) is 5.75 Å². The highest BCUT2D eigenvalue weighted by Crippen LogP contribution is 2.24. The third-order valence-electron chi connectivity index (χ3n) is 2.99. The third-order valence-corrected chi connectivity index (χ3v) is 2.99. The number of carbonyl (C=O) groups excluding carboxylic acids is 1. The number of anilines is 1. The lowest BCUT2D eigenvalue weighted by Gasteiger charge is -2.08. The minimum atomic E-state index is -0.792. The van der Waals surface area contributed by atoms with Gasteiger partial charge in [-0.25, -0.2) is 0 Å². The summed E-state index contributed by atoms with van der Waals surface area (Å²) in [6, 6.07) is 9.31. The molecule has 0 aromatic heterocycles. The number of nitro benzene ring substituents is 2. The summed E-state index contributed by atoms with van der Waals surface area (Å²) in [5.41, 5.74) is -0.840. The largest absolute Gasteiger partial charge is 0.494 e. The Kier molecular flexibility index (Phi) is 5.05. The molecule has 0 saturated carbocycles. The summed E-state index contributed by atoms with van der Waals surface area (Å²) in [4.78, 5) is 32.4. The van der Waals surface area contributed by atoms with E-state index in [1.165, 1.54) is 0 Å². The summed E-state index contributed by atoms with van der Waals surface area (Å²) >= 11 is 0. The molecule has 0 saturated heterocycles. The van der Waals surface area contributed by atoms with Gasteiger partial charge in [0.05, 0.1) is 28.1 Å². The SMILES string of the molecule is CCOc1cccc(NC(=O)c2cc([N+](=O)[O-])cc([N+](=O)[O-])c2)c1. The van der Waals surface area contributed by atoms with Crippen LogP contribution < -0.4 is 10.1 Å². The van der Waals surface area contributed by atoms with E-state index < -0.39 is 27.1 Å².